The maximum atomic E-state index is 14.0. The molecule has 2 aliphatic heterocycles. The summed E-state index contributed by atoms with van der Waals surface area (Å²) in [5.74, 6) is -2.00. The molecule has 4 rings (SSSR count). The smallest absolute Gasteiger partial charge is 0.422 e. The Labute approximate surface area is 291 Å². The van der Waals surface area contributed by atoms with Crippen LogP contribution in [0, 0.1) is 0 Å². The first-order valence-electron chi connectivity index (χ1n) is 16.8. The van der Waals surface area contributed by atoms with Gasteiger partial charge in [0.25, 0.3) is 11.5 Å². The van der Waals surface area contributed by atoms with E-state index in [1.54, 1.807) is 18.2 Å². The zero-order chi connectivity index (χ0) is 37.2. The van der Waals surface area contributed by atoms with E-state index in [-0.39, 0.29) is 34.3 Å². The zero-order valence-electron chi connectivity index (χ0n) is 29.6. The second kappa shape index (κ2) is 15.8. The molecular formula is C33H47F3N2O10Si2. The Morgan fingerprint density at radius 1 is 0.920 bits per heavy atom. The van der Waals surface area contributed by atoms with Crippen molar-refractivity contribution in [3.63, 3.8) is 0 Å². The van der Waals surface area contributed by atoms with E-state index in [9.17, 15) is 32.3 Å². The lowest BCUT2D eigenvalue weighted by Gasteiger charge is -2.51. The molecule has 1 aromatic carbocycles. The molecule has 12 nitrogen and oxygen atoms in total. The summed E-state index contributed by atoms with van der Waals surface area (Å²) < 4.78 is 77.7. The summed E-state index contributed by atoms with van der Waals surface area (Å²) in [4.78, 5) is 52.5. The number of nitrogens with zero attached hydrogens (tertiary/aromatic N) is 2. The minimum absolute atomic E-state index is 0.00472. The number of rotatable bonds is 11. The molecule has 3 heterocycles. The second-order valence-corrected chi connectivity index (χ2v) is 22.7. The van der Waals surface area contributed by atoms with Crippen molar-refractivity contribution >= 4 is 29.0 Å². The number of aromatic nitrogens is 2. The van der Waals surface area contributed by atoms with Gasteiger partial charge in [-0.1, -0.05) is 73.6 Å². The normalized spacial score (nSPS) is 23.6. The zero-order valence-corrected chi connectivity index (χ0v) is 31.6. The van der Waals surface area contributed by atoms with Crippen LogP contribution in [-0.2, 0) is 32.0 Å². The highest BCUT2D eigenvalue weighted by atomic mass is 28.5. The third-order valence-corrected chi connectivity index (χ3v) is 19.4. The van der Waals surface area contributed by atoms with Crippen LogP contribution in [0.15, 0.2) is 52.2 Å². The lowest BCUT2D eigenvalue weighted by Crippen LogP contribution is -2.66. The first-order valence-corrected chi connectivity index (χ1v) is 20.7. The number of ether oxygens (including phenoxy) is 3. The molecule has 0 radical (unpaired) electrons. The Morgan fingerprint density at radius 2 is 1.52 bits per heavy atom. The third-order valence-electron chi connectivity index (χ3n) is 9.14. The molecule has 17 heteroatoms. The van der Waals surface area contributed by atoms with Crippen molar-refractivity contribution in [2.45, 2.75) is 115 Å². The third kappa shape index (κ3) is 8.24. The van der Waals surface area contributed by atoms with Crippen molar-refractivity contribution in [3.05, 3.63) is 69.0 Å². The highest BCUT2D eigenvalue weighted by molar-refractivity contribution is 6.84. The molecule has 2 fully saturated rings. The maximum Gasteiger partial charge on any atom is 0.422 e. The van der Waals surface area contributed by atoms with Crippen LogP contribution in [-0.4, -0.2) is 82.4 Å². The molecule has 0 saturated carbocycles. The van der Waals surface area contributed by atoms with Crippen LogP contribution in [0.5, 0.6) is 0 Å². The van der Waals surface area contributed by atoms with E-state index in [4.69, 9.17) is 22.4 Å². The lowest BCUT2D eigenvalue weighted by atomic mass is 10.1. The van der Waals surface area contributed by atoms with E-state index in [2.05, 4.69) is 32.4 Å². The molecule has 1 aromatic heterocycles. The fourth-order valence-corrected chi connectivity index (χ4v) is 17.8. The van der Waals surface area contributed by atoms with Gasteiger partial charge in [0.2, 0.25) is 0 Å². The minimum atomic E-state index is -4.70. The number of carbonyl (C=O) groups is 2. The van der Waals surface area contributed by atoms with E-state index in [1.165, 1.54) is 18.3 Å². The first-order chi connectivity index (χ1) is 23.3. The van der Waals surface area contributed by atoms with Crippen molar-refractivity contribution in [2.75, 3.05) is 19.8 Å². The van der Waals surface area contributed by atoms with Gasteiger partial charge in [-0.05, 0) is 34.3 Å². The lowest BCUT2D eigenvalue weighted by molar-refractivity contribution is -0.187. The van der Waals surface area contributed by atoms with Crippen LogP contribution < -0.4 is 11.2 Å². The molecule has 0 spiro atoms. The van der Waals surface area contributed by atoms with Crippen LogP contribution in [0.25, 0.3) is 0 Å². The number of hydrogen-bond acceptors (Lipinski definition) is 10. The summed E-state index contributed by atoms with van der Waals surface area (Å²) in [6.45, 7) is 14.1. The van der Waals surface area contributed by atoms with E-state index in [0.717, 1.165) is 10.6 Å². The number of fused-ring (bicyclic) bond motifs is 1. The monoisotopic (exact) mass is 744 g/mol. The van der Waals surface area contributed by atoms with Crippen molar-refractivity contribution in [2.24, 2.45) is 0 Å². The van der Waals surface area contributed by atoms with Gasteiger partial charge >= 0.3 is 35.0 Å². The largest absolute Gasteiger partial charge is 0.456 e. The summed E-state index contributed by atoms with van der Waals surface area (Å²) in [5, 5.41) is 0. The molecule has 278 valence electrons. The molecule has 0 aliphatic carbocycles. The van der Waals surface area contributed by atoms with Crippen molar-refractivity contribution < 1.29 is 49.9 Å². The van der Waals surface area contributed by atoms with Gasteiger partial charge in [-0.25, -0.2) is 4.79 Å². The fraction of sp³-hybridized carbons (Fsp3) is 0.636. The number of benzene rings is 1. The SMILES string of the molecule is CC(C)[Si]1(C(C)C)OC[C@H]2O[C@@H](n3ccc(=O)n(C(=O)c4ccccc4)c3=O)[C@H](OCCC(=O)OCC(F)(F)F)[C@@H]2O[Si](C(C)C)(C(C)C)O1. The summed E-state index contributed by atoms with van der Waals surface area (Å²) in [6, 6.07) is 8.86. The Bertz CT molecular complexity index is 1600. The van der Waals surface area contributed by atoms with E-state index in [1.807, 2.05) is 27.7 Å². The van der Waals surface area contributed by atoms with Gasteiger partial charge in [-0.3, -0.25) is 19.0 Å². The Balaban J connectivity index is 1.80. The van der Waals surface area contributed by atoms with Gasteiger partial charge in [-0.15, -0.1) is 0 Å². The van der Waals surface area contributed by atoms with Crippen LogP contribution in [0.4, 0.5) is 13.2 Å². The molecule has 0 amide bonds. The second-order valence-electron chi connectivity index (χ2n) is 13.8. The average Bonchev–Trinajstić information content (AvgIpc) is 3.35. The van der Waals surface area contributed by atoms with Crippen LogP contribution in [0.2, 0.25) is 22.2 Å². The first kappa shape index (κ1) is 39.8. The van der Waals surface area contributed by atoms with Crippen molar-refractivity contribution in [1.29, 1.82) is 0 Å². The molecule has 2 aromatic rings. The summed E-state index contributed by atoms with van der Waals surface area (Å²) in [5.41, 5.74) is -1.92. The topological polar surface area (TPSA) is 134 Å². The predicted octanol–water partition coefficient (Wildman–Crippen LogP) is 5.43. The van der Waals surface area contributed by atoms with E-state index in [0.29, 0.717) is 4.57 Å². The van der Waals surface area contributed by atoms with E-state index >= 15 is 0 Å². The van der Waals surface area contributed by atoms with Crippen LogP contribution in [0.3, 0.4) is 0 Å². The Kier molecular flexibility index (Phi) is 12.6. The van der Waals surface area contributed by atoms with Gasteiger partial charge in [0.15, 0.2) is 12.8 Å². The average molecular weight is 745 g/mol. The highest BCUT2D eigenvalue weighted by Crippen LogP contribution is 2.48. The van der Waals surface area contributed by atoms with Gasteiger partial charge in [0, 0.05) is 17.8 Å². The predicted molar refractivity (Wildman–Crippen MR) is 180 cm³/mol. The quantitative estimate of drug-likeness (QED) is 0.217. The minimum Gasteiger partial charge on any atom is -0.456 e. The number of hydrogen-bond donors (Lipinski definition) is 0. The highest BCUT2D eigenvalue weighted by Gasteiger charge is 2.62. The van der Waals surface area contributed by atoms with Gasteiger partial charge in [0.05, 0.1) is 19.6 Å². The van der Waals surface area contributed by atoms with Gasteiger partial charge in [0.1, 0.15) is 18.3 Å². The summed E-state index contributed by atoms with van der Waals surface area (Å²) >= 11 is 0. The van der Waals surface area contributed by atoms with Crippen LogP contribution in [0.1, 0.15) is 78.4 Å². The van der Waals surface area contributed by atoms with Crippen molar-refractivity contribution in [3.8, 4) is 0 Å². The number of halogens is 3. The molecule has 2 aliphatic rings. The standard InChI is InChI=1S/C33H47F3N2O10Si2/c1-20(2)49(21(3)4)45-18-25-28(47-50(48-49,22(5)6)23(7)8)29(43-17-15-27(40)44-19-33(34,35)36)31(46-25)37-16-14-26(39)38(32(37)42)30(41)24-12-10-9-11-13-24/h9-14,16,20-23,25,28-29,31H,15,17-19H2,1-8H3/t25-,28-,29-,31-/m1/s1. The van der Waals surface area contributed by atoms with Crippen molar-refractivity contribution in [1.82, 2.24) is 9.13 Å². The fourth-order valence-electron chi connectivity index (χ4n) is 6.62. The summed E-state index contributed by atoms with van der Waals surface area (Å²) in [7, 11) is -6.27. The molecule has 50 heavy (non-hydrogen) atoms. The molecular weight excluding hydrogens is 698 g/mol. The molecule has 4 atom stereocenters. The van der Waals surface area contributed by atoms with E-state index < -0.39 is 90.6 Å². The van der Waals surface area contributed by atoms with Gasteiger partial charge in [-0.2, -0.15) is 17.7 Å². The molecule has 0 unspecified atom stereocenters. The van der Waals surface area contributed by atoms with Gasteiger partial charge < -0.3 is 27.2 Å². The molecule has 0 bridgehead atoms. The maximum absolute atomic E-state index is 14.0. The molecule has 0 N–H and O–H groups in total. The Morgan fingerprint density at radius 3 is 2.08 bits per heavy atom. The molecule has 2 saturated heterocycles. The number of carbonyl (C=O) groups excluding carboxylic acids is 2. The number of alkyl halides is 3. The Hall–Kier alpha value is -2.94. The van der Waals surface area contributed by atoms with Crippen LogP contribution >= 0.6 is 0 Å². The number of esters is 1. The summed E-state index contributed by atoms with van der Waals surface area (Å²) in [6.07, 6.45) is -8.29.